The Morgan fingerprint density at radius 2 is 1.95 bits per heavy atom. The van der Waals surface area contributed by atoms with E-state index >= 15 is 0 Å². The number of nitro groups is 1. The molecule has 0 spiro atoms. The lowest BCUT2D eigenvalue weighted by molar-refractivity contribution is -0.384. The standard InChI is InChI=1S/C15H15NO4/c1-10(2)13(17)9-20-14-8-7-11-5-3-4-6-12(11)15(14)16(18)19/h3-8,10H,9H2,1-2H3. The molecule has 0 saturated carbocycles. The topological polar surface area (TPSA) is 69.4 Å². The molecule has 0 fully saturated rings. The summed E-state index contributed by atoms with van der Waals surface area (Å²) >= 11 is 0. The normalized spacial score (nSPS) is 10.8. The molecule has 0 bridgehead atoms. The lowest BCUT2D eigenvalue weighted by Gasteiger charge is -2.09. The number of hydrogen-bond donors (Lipinski definition) is 0. The largest absolute Gasteiger partial charge is 0.479 e. The average molecular weight is 273 g/mol. The molecular weight excluding hydrogens is 258 g/mol. The molecule has 0 atom stereocenters. The van der Waals surface area contributed by atoms with Crippen LogP contribution >= 0.6 is 0 Å². The summed E-state index contributed by atoms with van der Waals surface area (Å²) in [5, 5.41) is 12.5. The smallest absolute Gasteiger partial charge is 0.318 e. The molecule has 0 saturated heterocycles. The summed E-state index contributed by atoms with van der Waals surface area (Å²) in [6.45, 7) is 3.37. The van der Waals surface area contributed by atoms with Crippen molar-refractivity contribution in [3.8, 4) is 5.75 Å². The van der Waals surface area contributed by atoms with Crippen LogP contribution in [0.4, 0.5) is 5.69 Å². The fourth-order valence-electron chi connectivity index (χ4n) is 1.86. The molecule has 0 aliphatic rings. The summed E-state index contributed by atoms with van der Waals surface area (Å²) in [6.07, 6.45) is 0. The van der Waals surface area contributed by atoms with E-state index < -0.39 is 4.92 Å². The van der Waals surface area contributed by atoms with Gasteiger partial charge in [0.15, 0.2) is 11.5 Å². The van der Waals surface area contributed by atoms with Crippen LogP contribution in [0.3, 0.4) is 0 Å². The minimum absolute atomic E-state index is 0.0903. The highest BCUT2D eigenvalue weighted by atomic mass is 16.6. The summed E-state index contributed by atoms with van der Waals surface area (Å²) in [5.74, 6) is -0.121. The van der Waals surface area contributed by atoms with Gasteiger partial charge >= 0.3 is 5.69 Å². The molecule has 20 heavy (non-hydrogen) atoms. The van der Waals surface area contributed by atoms with E-state index in [0.717, 1.165) is 5.39 Å². The van der Waals surface area contributed by atoms with Crippen molar-refractivity contribution in [2.24, 2.45) is 5.92 Å². The highest BCUT2D eigenvalue weighted by Crippen LogP contribution is 2.35. The number of hydrogen-bond acceptors (Lipinski definition) is 4. The Hall–Kier alpha value is -2.43. The van der Waals surface area contributed by atoms with Crippen LogP contribution in [0.5, 0.6) is 5.75 Å². The zero-order valence-electron chi connectivity index (χ0n) is 11.3. The molecule has 0 radical (unpaired) electrons. The Balaban J connectivity index is 2.40. The number of nitrogens with zero attached hydrogens (tertiary/aromatic N) is 1. The predicted octanol–water partition coefficient (Wildman–Crippen LogP) is 3.35. The van der Waals surface area contributed by atoms with Gasteiger partial charge in [-0.1, -0.05) is 38.1 Å². The third-order valence-corrected chi connectivity index (χ3v) is 3.06. The molecule has 104 valence electrons. The number of nitro benzene ring substituents is 1. The van der Waals surface area contributed by atoms with Gasteiger partial charge in [0.25, 0.3) is 0 Å². The van der Waals surface area contributed by atoms with Crippen LogP contribution in [0.2, 0.25) is 0 Å². The molecule has 0 aromatic heterocycles. The first kappa shape index (κ1) is 14.0. The van der Waals surface area contributed by atoms with Crippen LogP contribution in [-0.2, 0) is 4.79 Å². The van der Waals surface area contributed by atoms with E-state index in [1.165, 1.54) is 6.07 Å². The minimum atomic E-state index is -0.475. The van der Waals surface area contributed by atoms with Crippen molar-refractivity contribution in [2.75, 3.05) is 6.61 Å². The SMILES string of the molecule is CC(C)C(=O)COc1ccc2ccccc2c1[N+](=O)[O-]. The van der Waals surface area contributed by atoms with E-state index in [1.807, 2.05) is 6.07 Å². The number of rotatable bonds is 5. The highest BCUT2D eigenvalue weighted by molar-refractivity contribution is 5.93. The third-order valence-electron chi connectivity index (χ3n) is 3.06. The molecule has 0 aliphatic heterocycles. The number of carbonyl (C=O) groups excluding carboxylic acids is 1. The lowest BCUT2D eigenvalue weighted by Crippen LogP contribution is -2.17. The van der Waals surface area contributed by atoms with Crippen molar-refractivity contribution >= 4 is 22.2 Å². The van der Waals surface area contributed by atoms with Crippen LogP contribution in [0.25, 0.3) is 10.8 Å². The first-order valence-electron chi connectivity index (χ1n) is 6.32. The van der Waals surface area contributed by atoms with Crippen LogP contribution in [-0.4, -0.2) is 17.3 Å². The van der Waals surface area contributed by atoms with Crippen molar-refractivity contribution < 1.29 is 14.5 Å². The van der Waals surface area contributed by atoms with Gasteiger partial charge in [-0.2, -0.15) is 0 Å². The van der Waals surface area contributed by atoms with Crippen LogP contribution in [0.1, 0.15) is 13.8 Å². The molecule has 0 amide bonds. The average Bonchev–Trinajstić information content (AvgIpc) is 2.43. The summed E-state index contributed by atoms with van der Waals surface area (Å²) in [5.41, 5.74) is -0.0975. The second-order valence-corrected chi connectivity index (χ2v) is 4.80. The predicted molar refractivity (Wildman–Crippen MR) is 75.9 cm³/mol. The van der Waals surface area contributed by atoms with E-state index in [0.29, 0.717) is 5.39 Å². The summed E-state index contributed by atoms with van der Waals surface area (Å²) in [7, 11) is 0. The second kappa shape index (κ2) is 5.69. The fraction of sp³-hybridized carbons (Fsp3) is 0.267. The first-order chi connectivity index (χ1) is 9.50. The number of ether oxygens (including phenoxy) is 1. The van der Waals surface area contributed by atoms with E-state index in [-0.39, 0.29) is 29.7 Å². The maximum atomic E-state index is 11.6. The molecule has 0 aliphatic carbocycles. The molecule has 2 aromatic carbocycles. The van der Waals surface area contributed by atoms with E-state index in [4.69, 9.17) is 4.74 Å². The van der Waals surface area contributed by atoms with Gasteiger partial charge in [0, 0.05) is 5.92 Å². The molecule has 0 N–H and O–H groups in total. The van der Waals surface area contributed by atoms with Gasteiger partial charge in [-0.05, 0) is 17.5 Å². The van der Waals surface area contributed by atoms with Crippen LogP contribution in [0.15, 0.2) is 36.4 Å². The molecule has 5 heteroatoms. The van der Waals surface area contributed by atoms with Crippen molar-refractivity contribution in [1.82, 2.24) is 0 Å². The summed E-state index contributed by atoms with van der Waals surface area (Å²) < 4.78 is 5.34. The number of ketones is 1. The fourth-order valence-corrected chi connectivity index (χ4v) is 1.86. The van der Waals surface area contributed by atoms with Gasteiger partial charge in [0.05, 0.1) is 10.3 Å². The number of carbonyl (C=O) groups is 1. The maximum Gasteiger partial charge on any atom is 0.318 e. The van der Waals surface area contributed by atoms with Crippen molar-refractivity contribution in [3.63, 3.8) is 0 Å². The van der Waals surface area contributed by atoms with E-state index in [2.05, 4.69) is 0 Å². The third kappa shape index (κ3) is 2.77. The minimum Gasteiger partial charge on any atom is -0.479 e. The van der Waals surface area contributed by atoms with E-state index in [9.17, 15) is 14.9 Å². The Kier molecular flexibility index (Phi) is 3.98. The first-order valence-corrected chi connectivity index (χ1v) is 6.32. The molecular formula is C15H15NO4. The Bertz CT molecular complexity index is 664. The maximum absolute atomic E-state index is 11.6. The Morgan fingerprint density at radius 3 is 2.60 bits per heavy atom. The van der Waals surface area contributed by atoms with Crippen LogP contribution in [0, 0.1) is 16.0 Å². The Labute approximate surface area is 116 Å². The van der Waals surface area contributed by atoms with Crippen LogP contribution < -0.4 is 4.74 Å². The quantitative estimate of drug-likeness (QED) is 0.618. The van der Waals surface area contributed by atoms with Gasteiger partial charge in [0.1, 0.15) is 6.61 Å². The summed E-state index contributed by atoms with van der Waals surface area (Å²) in [6, 6.07) is 10.3. The second-order valence-electron chi connectivity index (χ2n) is 4.80. The molecule has 0 unspecified atom stereocenters. The number of Topliss-reactive ketones (excluding diaryl/α,β-unsaturated/α-hetero) is 1. The van der Waals surface area contributed by atoms with Crippen molar-refractivity contribution in [1.29, 1.82) is 0 Å². The Morgan fingerprint density at radius 1 is 1.25 bits per heavy atom. The monoisotopic (exact) mass is 273 g/mol. The molecule has 2 rings (SSSR count). The van der Waals surface area contributed by atoms with Gasteiger partial charge in [-0.15, -0.1) is 0 Å². The van der Waals surface area contributed by atoms with E-state index in [1.54, 1.807) is 38.1 Å². The molecule has 2 aromatic rings. The van der Waals surface area contributed by atoms with Gasteiger partial charge in [0.2, 0.25) is 0 Å². The highest BCUT2D eigenvalue weighted by Gasteiger charge is 2.20. The van der Waals surface area contributed by atoms with Crippen molar-refractivity contribution in [3.05, 3.63) is 46.5 Å². The lowest BCUT2D eigenvalue weighted by atomic mass is 10.1. The molecule has 0 heterocycles. The zero-order valence-corrected chi connectivity index (χ0v) is 11.3. The van der Waals surface area contributed by atoms with Crippen molar-refractivity contribution in [2.45, 2.75) is 13.8 Å². The van der Waals surface area contributed by atoms with Gasteiger partial charge < -0.3 is 4.74 Å². The number of benzene rings is 2. The van der Waals surface area contributed by atoms with Gasteiger partial charge in [-0.25, -0.2) is 0 Å². The molecule has 5 nitrogen and oxygen atoms in total. The zero-order chi connectivity index (χ0) is 14.7. The van der Waals surface area contributed by atoms with Gasteiger partial charge in [-0.3, -0.25) is 14.9 Å². The number of fused-ring (bicyclic) bond motifs is 1. The summed E-state index contributed by atoms with van der Waals surface area (Å²) in [4.78, 5) is 22.3.